The van der Waals surface area contributed by atoms with E-state index < -0.39 is 5.79 Å². The summed E-state index contributed by atoms with van der Waals surface area (Å²) in [4.78, 5) is 13.9. The first-order chi connectivity index (χ1) is 11.0. The molecule has 2 aliphatic heterocycles. The van der Waals surface area contributed by atoms with E-state index in [4.69, 9.17) is 14.2 Å². The van der Waals surface area contributed by atoms with Gasteiger partial charge in [0, 0.05) is 37.5 Å². The van der Waals surface area contributed by atoms with Crippen molar-refractivity contribution in [1.29, 1.82) is 0 Å². The van der Waals surface area contributed by atoms with Gasteiger partial charge in [0.1, 0.15) is 0 Å². The molecule has 1 aromatic rings. The second-order valence-corrected chi connectivity index (χ2v) is 6.34. The van der Waals surface area contributed by atoms with Gasteiger partial charge in [-0.15, -0.1) is 0 Å². The van der Waals surface area contributed by atoms with E-state index in [2.05, 4.69) is 5.32 Å². The van der Waals surface area contributed by atoms with Crippen LogP contribution in [0.15, 0.2) is 18.2 Å². The van der Waals surface area contributed by atoms with Gasteiger partial charge in [0.15, 0.2) is 11.5 Å². The van der Waals surface area contributed by atoms with Crippen LogP contribution >= 0.6 is 0 Å². The van der Waals surface area contributed by atoms with Crippen LogP contribution in [0.3, 0.4) is 0 Å². The van der Waals surface area contributed by atoms with Crippen LogP contribution in [0.1, 0.15) is 32.3 Å². The Morgan fingerprint density at radius 2 is 2.09 bits per heavy atom. The second-order valence-electron chi connectivity index (χ2n) is 6.34. The molecule has 126 valence electrons. The number of piperidine rings is 1. The maximum atomic E-state index is 12.1. The molecule has 0 radical (unpaired) electrons. The molecule has 2 aliphatic rings. The van der Waals surface area contributed by atoms with Crippen LogP contribution in [0.5, 0.6) is 11.5 Å². The van der Waals surface area contributed by atoms with E-state index in [1.165, 1.54) is 0 Å². The lowest BCUT2D eigenvalue weighted by Crippen LogP contribution is -2.54. The van der Waals surface area contributed by atoms with Crippen LogP contribution in [-0.2, 0) is 11.3 Å². The minimum absolute atomic E-state index is 0.0244. The van der Waals surface area contributed by atoms with E-state index in [9.17, 15) is 4.79 Å². The summed E-state index contributed by atoms with van der Waals surface area (Å²) in [5.41, 5.74) is 0.995. The Labute approximate surface area is 136 Å². The first kappa shape index (κ1) is 15.9. The molecule has 3 rings (SSSR count). The number of para-hydroxylation sites is 1. The summed E-state index contributed by atoms with van der Waals surface area (Å²) >= 11 is 0. The van der Waals surface area contributed by atoms with E-state index in [1.54, 1.807) is 7.11 Å². The Morgan fingerprint density at radius 3 is 2.74 bits per heavy atom. The highest BCUT2D eigenvalue weighted by Crippen LogP contribution is 2.42. The van der Waals surface area contributed by atoms with Gasteiger partial charge in [0.25, 0.3) is 0 Å². The van der Waals surface area contributed by atoms with E-state index >= 15 is 0 Å². The Bertz CT molecular complexity index is 566. The molecule has 2 heterocycles. The summed E-state index contributed by atoms with van der Waals surface area (Å²) < 4.78 is 17.6. The largest absolute Gasteiger partial charge is 0.493 e. The average molecular weight is 320 g/mol. The van der Waals surface area contributed by atoms with Crippen LogP contribution in [0.4, 0.5) is 4.79 Å². The minimum atomic E-state index is -0.657. The molecule has 1 fully saturated rings. The van der Waals surface area contributed by atoms with Crippen LogP contribution in [0, 0.1) is 0 Å². The topological polar surface area (TPSA) is 60.0 Å². The highest BCUT2D eigenvalue weighted by Gasteiger charge is 2.42. The fraction of sp³-hybridized carbons (Fsp3) is 0.588. The van der Waals surface area contributed by atoms with Crippen molar-refractivity contribution in [2.24, 2.45) is 0 Å². The van der Waals surface area contributed by atoms with Crippen molar-refractivity contribution < 1.29 is 19.0 Å². The van der Waals surface area contributed by atoms with Crippen molar-refractivity contribution >= 4 is 6.03 Å². The van der Waals surface area contributed by atoms with E-state index in [0.717, 1.165) is 17.1 Å². The molecule has 0 unspecified atom stereocenters. The summed E-state index contributed by atoms with van der Waals surface area (Å²) in [5.74, 6) is 0.836. The molecule has 1 aromatic carbocycles. The number of urea groups is 1. The normalized spacial score (nSPS) is 19.2. The molecule has 2 amide bonds. The lowest BCUT2D eigenvalue weighted by Gasteiger charge is -2.44. The predicted molar refractivity (Wildman–Crippen MR) is 85.6 cm³/mol. The molecule has 6 heteroatoms. The third-order valence-corrected chi connectivity index (χ3v) is 4.28. The number of nitrogens with zero attached hydrogens (tertiary/aromatic N) is 1. The molecular formula is C17H24N2O4. The number of hydrogen-bond acceptors (Lipinski definition) is 4. The van der Waals surface area contributed by atoms with Gasteiger partial charge in [-0.3, -0.25) is 0 Å². The smallest absolute Gasteiger partial charge is 0.317 e. The highest BCUT2D eigenvalue weighted by molar-refractivity contribution is 5.74. The maximum Gasteiger partial charge on any atom is 0.317 e. The fourth-order valence-corrected chi connectivity index (χ4v) is 3.01. The van der Waals surface area contributed by atoms with Crippen molar-refractivity contribution in [3.05, 3.63) is 23.8 Å². The molecule has 0 saturated carbocycles. The van der Waals surface area contributed by atoms with Crippen molar-refractivity contribution in [3.8, 4) is 11.5 Å². The van der Waals surface area contributed by atoms with Gasteiger partial charge in [-0.05, 0) is 19.9 Å². The van der Waals surface area contributed by atoms with Crippen molar-refractivity contribution in [2.45, 2.75) is 45.1 Å². The van der Waals surface area contributed by atoms with Gasteiger partial charge in [0.2, 0.25) is 5.79 Å². The Balaban J connectivity index is 1.68. The summed E-state index contributed by atoms with van der Waals surface area (Å²) in [6.07, 6.45) is 1.30. The number of carbonyl (C=O) groups is 1. The van der Waals surface area contributed by atoms with Gasteiger partial charge in [-0.2, -0.15) is 0 Å². The first-order valence-electron chi connectivity index (χ1n) is 8.07. The number of benzene rings is 1. The van der Waals surface area contributed by atoms with Crippen LogP contribution < -0.4 is 14.8 Å². The molecule has 1 spiro atoms. The van der Waals surface area contributed by atoms with Gasteiger partial charge in [0.05, 0.1) is 13.7 Å². The number of fused-ring (bicyclic) bond motifs is 1. The summed E-state index contributed by atoms with van der Waals surface area (Å²) in [5, 5.41) is 2.92. The van der Waals surface area contributed by atoms with Gasteiger partial charge < -0.3 is 24.4 Å². The molecule has 1 saturated heterocycles. The van der Waals surface area contributed by atoms with Gasteiger partial charge in [-0.1, -0.05) is 12.1 Å². The number of methoxy groups -OCH3 is 1. The molecule has 1 N–H and O–H groups in total. The van der Waals surface area contributed by atoms with E-state index in [0.29, 0.717) is 32.5 Å². The zero-order chi connectivity index (χ0) is 16.4. The van der Waals surface area contributed by atoms with Crippen molar-refractivity contribution in [2.75, 3.05) is 20.2 Å². The number of rotatable bonds is 2. The van der Waals surface area contributed by atoms with Crippen molar-refractivity contribution in [1.82, 2.24) is 10.2 Å². The molecule has 6 nitrogen and oxygen atoms in total. The minimum Gasteiger partial charge on any atom is -0.493 e. The lowest BCUT2D eigenvalue weighted by atomic mass is 10.0. The third kappa shape index (κ3) is 3.22. The highest BCUT2D eigenvalue weighted by atomic mass is 16.7. The van der Waals surface area contributed by atoms with Gasteiger partial charge in [-0.25, -0.2) is 4.79 Å². The fourth-order valence-electron chi connectivity index (χ4n) is 3.01. The lowest BCUT2D eigenvalue weighted by molar-refractivity contribution is -0.225. The Kier molecular flexibility index (Phi) is 4.35. The standard InChI is InChI=1S/C17H24N2O4/c1-12(2)18-16(20)19-9-7-17(8-10-19)22-11-13-5-4-6-14(21-3)15(13)23-17/h4-6,12H,7-11H2,1-3H3,(H,18,20). The number of carbonyl (C=O) groups excluding carboxylic acids is 1. The Hall–Kier alpha value is -1.95. The number of likely N-dealkylation sites (tertiary alicyclic amines) is 1. The monoisotopic (exact) mass is 320 g/mol. The van der Waals surface area contributed by atoms with E-state index in [-0.39, 0.29) is 12.1 Å². The molecular weight excluding hydrogens is 296 g/mol. The Morgan fingerprint density at radius 1 is 1.35 bits per heavy atom. The van der Waals surface area contributed by atoms with Crippen LogP contribution in [0.25, 0.3) is 0 Å². The molecule has 0 aromatic heterocycles. The zero-order valence-corrected chi connectivity index (χ0v) is 13.9. The first-order valence-corrected chi connectivity index (χ1v) is 8.07. The quantitative estimate of drug-likeness (QED) is 0.909. The van der Waals surface area contributed by atoms with Crippen molar-refractivity contribution in [3.63, 3.8) is 0 Å². The number of ether oxygens (including phenoxy) is 3. The maximum absolute atomic E-state index is 12.1. The second kappa shape index (κ2) is 6.28. The van der Waals surface area contributed by atoms with Crippen LogP contribution in [-0.4, -0.2) is 43.0 Å². The van der Waals surface area contributed by atoms with Crippen LogP contribution in [0.2, 0.25) is 0 Å². The number of amides is 2. The third-order valence-electron chi connectivity index (χ3n) is 4.28. The van der Waals surface area contributed by atoms with E-state index in [1.807, 2.05) is 36.9 Å². The molecule has 23 heavy (non-hydrogen) atoms. The van der Waals surface area contributed by atoms with Gasteiger partial charge >= 0.3 is 6.03 Å². The molecule has 0 bridgehead atoms. The predicted octanol–water partition coefficient (Wildman–Crippen LogP) is 2.51. The molecule has 0 atom stereocenters. The summed E-state index contributed by atoms with van der Waals surface area (Å²) in [7, 11) is 1.64. The average Bonchev–Trinajstić information content (AvgIpc) is 2.54. The number of hydrogen-bond donors (Lipinski definition) is 1. The zero-order valence-electron chi connectivity index (χ0n) is 13.9. The molecule has 0 aliphatic carbocycles. The summed E-state index contributed by atoms with van der Waals surface area (Å²) in [6, 6.07) is 5.92. The summed E-state index contributed by atoms with van der Waals surface area (Å²) in [6.45, 7) is 5.65. The number of nitrogens with one attached hydrogen (secondary N) is 1. The SMILES string of the molecule is COc1cccc2c1OC1(CCN(C(=O)NC(C)C)CC1)OC2.